The third kappa shape index (κ3) is 3.82. The van der Waals surface area contributed by atoms with Crippen LogP contribution in [0.1, 0.15) is 22.8 Å². The van der Waals surface area contributed by atoms with Crippen LogP contribution < -0.4 is 10.2 Å². The van der Waals surface area contributed by atoms with Crippen molar-refractivity contribution in [2.24, 2.45) is 5.10 Å². The highest BCUT2D eigenvalue weighted by Gasteiger charge is 2.09. The van der Waals surface area contributed by atoms with Crippen LogP contribution in [0.25, 0.3) is 0 Å². The topological polar surface area (TPSA) is 70.9 Å². The summed E-state index contributed by atoms with van der Waals surface area (Å²) in [4.78, 5) is 11.7. The molecule has 0 aliphatic heterocycles. The molecule has 0 aliphatic carbocycles. The lowest BCUT2D eigenvalue weighted by Gasteiger charge is -2.06. The molecule has 114 valence electrons. The van der Waals surface area contributed by atoms with Gasteiger partial charge in [0.1, 0.15) is 5.82 Å². The minimum atomic E-state index is -0.641. The maximum Gasteiger partial charge on any atom is 0.274 e. The molecule has 2 N–H and O–H groups in total. The first-order chi connectivity index (χ1) is 10.6. The number of benzene rings is 2. The molecule has 0 heterocycles. The Bertz CT molecular complexity index is 702. The third-order valence-corrected chi connectivity index (χ3v) is 2.78. The summed E-state index contributed by atoms with van der Waals surface area (Å²) < 4.78 is 18.7. The van der Waals surface area contributed by atoms with E-state index in [1.54, 1.807) is 25.1 Å². The standard InChI is InChI=1S/C16H15FN2O3/c1-2-22-15-9-11(7-8-14(15)20)10-18-19-16(21)12-5-3-4-6-13(12)17/h3-10,20H,2H2,1H3,(H,19,21)/b18-10+. The van der Waals surface area contributed by atoms with Crippen molar-refractivity contribution in [2.45, 2.75) is 6.92 Å². The zero-order chi connectivity index (χ0) is 15.9. The Hall–Kier alpha value is -2.89. The normalized spacial score (nSPS) is 10.6. The molecule has 0 aliphatic rings. The van der Waals surface area contributed by atoms with Gasteiger partial charge in [-0.15, -0.1) is 0 Å². The molecule has 0 spiro atoms. The van der Waals surface area contributed by atoms with Gasteiger partial charge in [0.2, 0.25) is 0 Å². The molecule has 5 nitrogen and oxygen atoms in total. The summed E-state index contributed by atoms with van der Waals surface area (Å²) in [5, 5.41) is 13.3. The Morgan fingerprint density at radius 2 is 2.14 bits per heavy atom. The van der Waals surface area contributed by atoms with E-state index in [9.17, 15) is 14.3 Å². The number of nitrogens with zero attached hydrogens (tertiary/aromatic N) is 1. The lowest BCUT2D eigenvalue weighted by atomic mass is 10.2. The number of carbonyl (C=O) groups is 1. The van der Waals surface area contributed by atoms with Crippen molar-refractivity contribution < 1.29 is 19.0 Å². The number of aromatic hydroxyl groups is 1. The van der Waals surface area contributed by atoms with Crippen LogP contribution >= 0.6 is 0 Å². The fraction of sp³-hybridized carbons (Fsp3) is 0.125. The van der Waals surface area contributed by atoms with Crippen molar-refractivity contribution in [2.75, 3.05) is 6.61 Å². The second kappa shape index (κ2) is 7.21. The van der Waals surface area contributed by atoms with Gasteiger partial charge in [-0.2, -0.15) is 5.10 Å². The Labute approximate surface area is 127 Å². The SMILES string of the molecule is CCOc1cc(/C=N/NC(=O)c2ccccc2F)ccc1O. The molecular formula is C16H15FN2O3. The van der Waals surface area contributed by atoms with Crippen LogP contribution in [-0.2, 0) is 0 Å². The quantitative estimate of drug-likeness (QED) is 0.659. The summed E-state index contributed by atoms with van der Waals surface area (Å²) in [5.41, 5.74) is 2.78. The first kappa shape index (κ1) is 15.5. The predicted molar refractivity (Wildman–Crippen MR) is 80.7 cm³/mol. The Morgan fingerprint density at radius 1 is 1.36 bits per heavy atom. The van der Waals surface area contributed by atoms with Gasteiger partial charge in [0.05, 0.1) is 18.4 Å². The van der Waals surface area contributed by atoms with Gasteiger partial charge >= 0.3 is 0 Å². The molecule has 22 heavy (non-hydrogen) atoms. The zero-order valence-electron chi connectivity index (χ0n) is 11.9. The van der Waals surface area contributed by atoms with Crippen molar-refractivity contribution in [1.82, 2.24) is 5.43 Å². The average molecular weight is 302 g/mol. The maximum atomic E-state index is 13.4. The fourth-order valence-corrected chi connectivity index (χ4v) is 1.75. The van der Waals surface area contributed by atoms with E-state index in [0.717, 1.165) is 0 Å². The van der Waals surface area contributed by atoms with E-state index in [-0.39, 0.29) is 11.3 Å². The summed E-state index contributed by atoms with van der Waals surface area (Å²) in [7, 11) is 0. The fourth-order valence-electron chi connectivity index (χ4n) is 1.75. The van der Waals surface area contributed by atoms with Gasteiger partial charge in [-0.05, 0) is 42.8 Å². The molecule has 0 bridgehead atoms. The number of halogens is 1. The summed E-state index contributed by atoms with van der Waals surface area (Å²) >= 11 is 0. The molecule has 0 saturated heterocycles. The molecule has 6 heteroatoms. The first-order valence-electron chi connectivity index (χ1n) is 6.65. The summed E-state index contributed by atoms with van der Waals surface area (Å²) in [6, 6.07) is 10.3. The summed E-state index contributed by atoms with van der Waals surface area (Å²) in [5.74, 6) is -0.905. The van der Waals surface area contributed by atoms with Crippen molar-refractivity contribution >= 4 is 12.1 Å². The lowest BCUT2D eigenvalue weighted by molar-refractivity contribution is 0.0951. The molecule has 0 radical (unpaired) electrons. The van der Waals surface area contributed by atoms with E-state index >= 15 is 0 Å². The number of phenols is 1. The van der Waals surface area contributed by atoms with Crippen LogP contribution in [0.15, 0.2) is 47.6 Å². The van der Waals surface area contributed by atoms with E-state index in [4.69, 9.17) is 4.74 Å². The number of rotatable bonds is 5. The van der Waals surface area contributed by atoms with Crippen LogP contribution in [0.5, 0.6) is 11.5 Å². The molecule has 0 saturated carbocycles. The van der Waals surface area contributed by atoms with E-state index in [1.807, 2.05) is 0 Å². The van der Waals surface area contributed by atoms with Gasteiger partial charge in [0.25, 0.3) is 5.91 Å². The van der Waals surface area contributed by atoms with Crippen molar-refractivity contribution in [3.8, 4) is 11.5 Å². The molecule has 2 aromatic rings. The number of ether oxygens (including phenoxy) is 1. The number of hydrogen-bond donors (Lipinski definition) is 2. The highest BCUT2D eigenvalue weighted by Crippen LogP contribution is 2.26. The highest BCUT2D eigenvalue weighted by molar-refractivity contribution is 5.95. The van der Waals surface area contributed by atoms with Crippen molar-refractivity contribution in [1.29, 1.82) is 0 Å². The van der Waals surface area contributed by atoms with Gasteiger partial charge in [0, 0.05) is 0 Å². The number of amides is 1. The summed E-state index contributed by atoms with van der Waals surface area (Å²) in [6.07, 6.45) is 1.38. The maximum absolute atomic E-state index is 13.4. The van der Waals surface area contributed by atoms with Gasteiger partial charge in [-0.25, -0.2) is 9.82 Å². The molecule has 1 amide bonds. The molecular weight excluding hydrogens is 287 g/mol. The number of hydrogen-bond acceptors (Lipinski definition) is 4. The van der Waals surface area contributed by atoms with Gasteiger partial charge in [-0.1, -0.05) is 12.1 Å². The van der Waals surface area contributed by atoms with Crippen LogP contribution in [0.4, 0.5) is 4.39 Å². The molecule has 2 rings (SSSR count). The lowest BCUT2D eigenvalue weighted by Crippen LogP contribution is -2.18. The van der Waals surface area contributed by atoms with E-state index < -0.39 is 11.7 Å². The van der Waals surface area contributed by atoms with Crippen LogP contribution in [-0.4, -0.2) is 23.8 Å². The van der Waals surface area contributed by atoms with Crippen molar-refractivity contribution in [3.63, 3.8) is 0 Å². The zero-order valence-corrected chi connectivity index (χ0v) is 11.9. The van der Waals surface area contributed by atoms with E-state index in [0.29, 0.717) is 17.9 Å². The Balaban J connectivity index is 2.05. The monoisotopic (exact) mass is 302 g/mol. The molecule has 0 fully saturated rings. The molecule has 2 aromatic carbocycles. The van der Waals surface area contributed by atoms with E-state index in [1.165, 1.54) is 30.5 Å². The minimum Gasteiger partial charge on any atom is -0.504 e. The first-order valence-corrected chi connectivity index (χ1v) is 6.65. The highest BCUT2D eigenvalue weighted by atomic mass is 19.1. The van der Waals surface area contributed by atoms with Gasteiger partial charge < -0.3 is 9.84 Å². The second-order valence-electron chi connectivity index (χ2n) is 4.34. The van der Waals surface area contributed by atoms with Gasteiger partial charge in [0.15, 0.2) is 11.5 Å². The number of phenolic OH excluding ortho intramolecular Hbond substituents is 1. The third-order valence-electron chi connectivity index (χ3n) is 2.78. The van der Waals surface area contributed by atoms with Gasteiger partial charge in [-0.3, -0.25) is 4.79 Å². The van der Waals surface area contributed by atoms with Crippen molar-refractivity contribution in [3.05, 3.63) is 59.4 Å². The smallest absolute Gasteiger partial charge is 0.274 e. The second-order valence-corrected chi connectivity index (χ2v) is 4.34. The van der Waals surface area contributed by atoms with Crippen LogP contribution in [0, 0.1) is 5.82 Å². The van der Waals surface area contributed by atoms with Crippen LogP contribution in [0.2, 0.25) is 0 Å². The molecule has 0 unspecified atom stereocenters. The average Bonchev–Trinajstić information content (AvgIpc) is 2.51. The number of nitrogens with one attached hydrogen (secondary N) is 1. The Morgan fingerprint density at radius 3 is 2.86 bits per heavy atom. The predicted octanol–water partition coefficient (Wildman–Crippen LogP) is 2.69. The Kier molecular flexibility index (Phi) is 5.08. The van der Waals surface area contributed by atoms with Crippen LogP contribution in [0.3, 0.4) is 0 Å². The summed E-state index contributed by atoms with van der Waals surface area (Å²) in [6.45, 7) is 2.22. The van der Waals surface area contributed by atoms with E-state index in [2.05, 4.69) is 10.5 Å². The number of hydrazone groups is 1. The minimum absolute atomic E-state index is 0.0226. The largest absolute Gasteiger partial charge is 0.504 e. The number of carbonyl (C=O) groups excluding carboxylic acids is 1. The molecule has 0 aromatic heterocycles. The molecule has 0 atom stereocenters.